The van der Waals surface area contributed by atoms with E-state index in [1.54, 1.807) is 0 Å². The molecule has 58 valence electrons. The van der Waals surface area contributed by atoms with Gasteiger partial charge in [-0.15, -0.1) is 0 Å². The fourth-order valence-corrected chi connectivity index (χ4v) is 2.31. The van der Waals surface area contributed by atoms with E-state index in [1.165, 1.54) is 0 Å². The Bertz CT molecular complexity index is 148. The average Bonchev–Trinajstić information content (AvgIpc) is 2.38. The molecular formula is C7H13NOS. The summed E-state index contributed by atoms with van der Waals surface area (Å²) in [4.78, 5) is 0. The summed E-state index contributed by atoms with van der Waals surface area (Å²) in [6, 6.07) is 0. The van der Waals surface area contributed by atoms with Crippen molar-refractivity contribution in [1.82, 2.24) is 0 Å². The number of allylic oxidation sites excluding steroid dienone is 2. The zero-order valence-corrected chi connectivity index (χ0v) is 6.77. The van der Waals surface area contributed by atoms with Gasteiger partial charge in [0.1, 0.15) is 0 Å². The van der Waals surface area contributed by atoms with Crippen LogP contribution < -0.4 is 5.73 Å². The molecule has 0 saturated carbocycles. The van der Waals surface area contributed by atoms with Crippen LogP contribution in [0.1, 0.15) is 12.8 Å². The first-order chi connectivity index (χ1) is 4.84. The van der Waals surface area contributed by atoms with E-state index in [0.29, 0.717) is 17.5 Å². The number of rotatable bonds is 3. The van der Waals surface area contributed by atoms with Crippen LogP contribution in [0, 0.1) is 0 Å². The first kappa shape index (κ1) is 7.95. The van der Waals surface area contributed by atoms with Gasteiger partial charge in [0.25, 0.3) is 0 Å². The van der Waals surface area contributed by atoms with Crippen molar-refractivity contribution in [1.29, 1.82) is 0 Å². The highest BCUT2D eigenvalue weighted by Crippen LogP contribution is 2.15. The smallest absolute Gasteiger partial charge is 0.0417 e. The van der Waals surface area contributed by atoms with E-state index in [4.69, 9.17) is 5.73 Å². The molecule has 1 aliphatic rings. The molecule has 0 aliphatic heterocycles. The second-order valence-corrected chi connectivity index (χ2v) is 4.27. The van der Waals surface area contributed by atoms with Crippen molar-refractivity contribution in [2.24, 2.45) is 5.73 Å². The van der Waals surface area contributed by atoms with Crippen molar-refractivity contribution in [3.63, 3.8) is 0 Å². The third-order valence-electron chi connectivity index (χ3n) is 1.66. The van der Waals surface area contributed by atoms with Crippen molar-refractivity contribution in [2.45, 2.75) is 18.1 Å². The predicted octanol–water partition coefficient (Wildman–Crippen LogP) is 0.412. The molecule has 1 unspecified atom stereocenters. The lowest BCUT2D eigenvalue weighted by molar-refractivity contribution is 0.671. The highest BCUT2D eigenvalue weighted by molar-refractivity contribution is 7.85. The van der Waals surface area contributed by atoms with E-state index in [2.05, 4.69) is 12.2 Å². The maximum absolute atomic E-state index is 11.2. The molecule has 0 heterocycles. The summed E-state index contributed by atoms with van der Waals surface area (Å²) in [5.74, 6) is 0.659. The van der Waals surface area contributed by atoms with E-state index >= 15 is 0 Å². The van der Waals surface area contributed by atoms with Gasteiger partial charge in [0.15, 0.2) is 0 Å². The Kier molecular flexibility index (Phi) is 3.09. The Labute approximate surface area is 63.9 Å². The van der Waals surface area contributed by atoms with Gasteiger partial charge in [0, 0.05) is 28.3 Å². The van der Waals surface area contributed by atoms with E-state index in [9.17, 15) is 4.21 Å². The van der Waals surface area contributed by atoms with Crippen LogP contribution in [0.25, 0.3) is 0 Å². The maximum Gasteiger partial charge on any atom is 0.0417 e. The number of hydrogen-bond donors (Lipinski definition) is 1. The fraction of sp³-hybridized carbons (Fsp3) is 0.714. The minimum absolute atomic E-state index is 0.364. The van der Waals surface area contributed by atoms with E-state index in [1.807, 2.05) is 0 Å². The third-order valence-corrected chi connectivity index (χ3v) is 3.42. The van der Waals surface area contributed by atoms with Gasteiger partial charge in [-0.05, 0) is 12.8 Å². The summed E-state index contributed by atoms with van der Waals surface area (Å²) in [5, 5.41) is 0.364. The molecular weight excluding hydrogens is 146 g/mol. The molecule has 1 atom stereocenters. The number of nitrogens with two attached hydrogens (primary N) is 1. The number of hydrogen-bond acceptors (Lipinski definition) is 2. The lowest BCUT2D eigenvalue weighted by Crippen LogP contribution is -2.19. The minimum atomic E-state index is -0.683. The molecule has 1 rings (SSSR count). The standard InChI is InChI=1S/C7H13NOS/c8-5-6-10(9)7-3-1-2-4-7/h1-2,7H,3-6,8H2. The van der Waals surface area contributed by atoms with Gasteiger partial charge in [0.2, 0.25) is 0 Å². The summed E-state index contributed by atoms with van der Waals surface area (Å²) in [6.07, 6.45) is 6.15. The largest absolute Gasteiger partial charge is 0.330 e. The summed E-state index contributed by atoms with van der Waals surface area (Å²) in [5.41, 5.74) is 5.28. The van der Waals surface area contributed by atoms with Crippen LogP contribution in [0.5, 0.6) is 0 Å². The zero-order chi connectivity index (χ0) is 7.40. The Hall–Kier alpha value is -0.150. The molecule has 0 aromatic heterocycles. The van der Waals surface area contributed by atoms with Crippen LogP contribution in [0.15, 0.2) is 12.2 Å². The van der Waals surface area contributed by atoms with Gasteiger partial charge in [-0.1, -0.05) is 12.2 Å². The maximum atomic E-state index is 11.2. The molecule has 0 saturated heterocycles. The SMILES string of the molecule is NCCS(=O)C1CC=CC1. The molecule has 3 heteroatoms. The monoisotopic (exact) mass is 159 g/mol. The van der Waals surface area contributed by atoms with Crippen molar-refractivity contribution < 1.29 is 4.21 Å². The molecule has 2 nitrogen and oxygen atoms in total. The quantitative estimate of drug-likeness (QED) is 0.606. The summed E-state index contributed by atoms with van der Waals surface area (Å²) >= 11 is 0. The van der Waals surface area contributed by atoms with Gasteiger partial charge in [-0.25, -0.2) is 0 Å². The van der Waals surface area contributed by atoms with Crippen molar-refractivity contribution in [3.8, 4) is 0 Å². The molecule has 0 aromatic rings. The summed E-state index contributed by atoms with van der Waals surface area (Å²) < 4.78 is 11.2. The third kappa shape index (κ3) is 1.92. The van der Waals surface area contributed by atoms with Gasteiger partial charge in [0.05, 0.1) is 0 Å². The zero-order valence-electron chi connectivity index (χ0n) is 5.95. The lowest BCUT2D eigenvalue weighted by atomic mass is 10.3. The Morgan fingerprint density at radius 2 is 2.10 bits per heavy atom. The summed E-state index contributed by atoms with van der Waals surface area (Å²) in [7, 11) is -0.683. The van der Waals surface area contributed by atoms with Gasteiger partial charge >= 0.3 is 0 Å². The van der Waals surface area contributed by atoms with Crippen LogP contribution in [-0.4, -0.2) is 21.8 Å². The Morgan fingerprint density at radius 1 is 1.50 bits per heavy atom. The normalized spacial score (nSPS) is 21.7. The fourth-order valence-electron chi connectivity index (χ4n) is 1.09. The second kappa shape index (κ2) is 3.88. The second-order valence-electron chi connectivity index (χ2n) is 2.44. The molecule has 0 radical (unpaired) electrons. The highest BCUT2D eigenvalue weighted by atomic mass is 32.2. The van der Waals surface area contributed by atoms with Gasteiger partial charge < -0.3 is 5.73 Å². The highest BCUT2D eigenvalue weighted by Gasteiger charge is 2.15. The first-order valence-electron chi connectivity index (χ1n) is 3.57. The molecule has 0 spiro atoms. The van der Waals surface area contributed by atoms with E-state index in [-0.39, 0.29) is 0 Å². The predicted molar refractivity (Wildman–Crippen MR) is 44.2 cm³/mol. The van der Waals surface area contributed by atoms with Crippen LogP contribution in [-0.2, 0) is 10.8 Å². The van der Waals surface area contributed by atoms with E-state index < -0.39 is 10.8 Å². The van der Waals surface area contributed by atoms with E-state index in [0.717, 1.165) is 12.8 Å². The topological polar surface area (TPSA) is 43.1 Å². The van der Waals surface area contributed by atoms with Gasteiger partial charge in [-0.2, -0.15) is 0 Å². The molecule has 0 amide bonds. The van der Waals surface area contributed by atoms with Crippen LogP contribution in [0.4, 0.5) is 0 Å². The average molecular weight is 159 g/mol. The molecule has 0 fully saturated rings. The van der Waals surface area contributed by atoms with Crippen LogP contribution in [0.3, 0.4) is 0 Å². The first-order valence-corrected chi connectivity index (χ1v) is 4.95. The molecule has 1 aliphatic carbocycles. The lowest BCUT2D eigenvalue weighted by Gasteiger charge is -2.06. The molecule has 10 heavy (non-hydrogen) atoms. The van der Waals surface area contributed by atoms with Crippen molar-refractivity contribution in [2.75, 3.05) is 12.3 Å². The minimum Gasteiger partial charge on any atom is -0.330 e. The molecule has 0 aromatic carbocycles. The van der Waals surface area contributed by atoms with Crippen molar-refractivity contribution in [3.05, 3.63) is 12.2 Å². The Balaban J connectivity index is 2.28. The van der Waals surface area contributed by atoms with Crippen LogP contribution >= 0.6 is 0 Å². The molecule has 2 N–H and O–H groups in total. The van der Waals surface area contributed by atoms with Gasteiger partial charge in [-0.3, -0.25) is 4.21 Å². The Morgan fingerprint density at radius 3 is 2.60 bits per heavy atom. The van der Waals surface area contributed by atoms with Crippen molar-refractivity contribution >= 4 is 10.8 Å². The molecule has 0 bridgehead atoms. The summed E-state index contributed by atoms with van der Waals surface area (Å²) in [6.45, 7) is 0.545. The van der Waals surface area contributed by atoms with Crippen LogP contribution in [0.2, 0.25) is 0 Å².